The van der Waals surface area contributed by atoms with Gasteiger partial charge in [0.25, 0.3) is 0 Å². The molecule has 0 saturated heterocycles. The van der Waals surface area contributed by atoms with Crippen LogP contribution in [0.1, 0.15) is 98.1 Å². The quantitative estimate of drug-likeness (QED) is 0.137. The molecule has 5 unspecified atom stereocenters. The second-order valence-electron chi connectivity index (χ2n) is 8.84. The van der Waals surface area contributed by atoms with Crippen LogP contribution in [0.4, 0.5) is 0 Å². The lowest BCUT2D eigenvalue weighted by molar-refractivity contribution is -0.162. The summed E-state index contributed by atoms with van der Waals surface area (Å²) in [6, 6.07) is 7.92. The smallest absolute Gasteiger partial charge is 0.305 e. The van der Waals surface area contributed by atoms with Crippen LogP contribution in [-0.4, -0.2) is 56.2 Å². The molecule has 8 heteroatoms. The van der Waals surface area contributed by atoms with Gasteiger partial charge in [-0.2, -0.15) is 5.26 Å². The molecule has 0 aromatic heterocycles. The number of ether oxygens (including phenoxy) is 5. The maximum Gasteiger partial charge on any atom is 0.305 e. The summed E-state index contributed by atoms with van der Waals surface area (Å²) in [5, 5.41) is 20.7. The van der Waals surface area contributed by atoms with Crippen LogP contribution < -0.4 is 0 Å². The molecule has 0 bridgehead atoms. The third kappa shape index (κ3) is 12.8. The highest BCUT2D eigenvalue weighted by molar-refractivity contribution is 5.69. The minimum Gasteiger partial charge on any atom is -0.507 e. The van der Waals surface area contributed by atoms with Gasteiger partial charge >= 0.3 is 5.97 Å². The number of aryl methyl sites for hydroxylation is 1. The van der Waals surface area contributed by atoms with E-state index in [4.69, 9.17) is 23.7 Å². The molecule has 1 fully saturated rings. The molecular formula is C32H53NO7. The molecule has 0 radical (unpaired) electrons. The van der Waals surface area contributed by atoms with Gasteiger partial charge in [0.1, 0.15) is 5.75 Å². The first-order valence-electron chi connectivity index (χ1n) is 14.8. The van der Waals surface area contributed by atoms with E-state index in [1.807, 2.05) is 72.7 Å². The van der Waals surface area contributed by atoms with Gasteiger partial charge in [-0.15, -0.1) is 0 Å². The minimum absolute atomic E-state index is 0.00992. The van der Waals surface area contributed by atoms with Gasteiger partial charge in [-0.05, 0) is 76.5 Å². The molecule has 8 nitrogen and oxygen atoms in total. The van der Waals surface area contributed by atoms with Crippen LogP contribution in [0.15, 0.2) is 30.4 Å². The summed E-state index contributed by atoms with van der Waals surface area (Å²) in [6.45, 7) is 16.5. The Morgan fingerprint density at radius 1 is 1.10 bits per heavy atom. The van der Waals surface area contributed by atoms with Gasteiger partial charge < -0.3 is 28.8 Å². The highest BCUT2D eigenvalue weighted by Crippen LogP contribution is 2.46. The number of nitrogens with zero attached hydrogens (tertiary/aromatic N) is 1. The number of benzene rings is 1. The molecule has 1 aliphatic carbocycles. The molecule has 6 atom stereocenters. The normalized spacial score (nSPS) is 20.4. The average molecular weight is 564 g/mol. The summed E-state index contributed by atoms with van der Waals surface area (Å²) in [4.78, 5) is 11.5. The zero-order valence-corrected chi connectivity index (χ0v) is 26.1. The highest BCUT2D eigenvalue weighted by Gasteiger charge is 2.38. The van der Waals surface area contributed by atoms with Crippen LogP contribution in [0.5, 0.6) is 5.75 Å². The first-order chi connectivity index (χ1) is 19.3. The molecule has 40 heavy (non-hydrogen) atoms. The summed E-state index contributed by atoms with van der Waals surface area (Å²) in [5.41, 5.74) is 1.64. The van der Waals surface area contributed by atoms with Crippen LogP contribution in [0.3, 0.4) is 0 Å². The number of carbonyl (C=O) groups excluding carboxylic acids is 1. The van der Waals surface area contributed by atoms with E-state index in [0.29, 0.717) is 32.5 Å². The van der Waals surface area contributed by atoms with Crippen molar-refractivity contribution >= 4 is 5.97 Å². The van der Waals surface area contributed by atoms with Crippen molar-refractivity contribution in [3.63, 3.8) is 0 Å². The van der Waals surface area contributed by atoms with E-state index in [-0.39, 0.29) is 35.9 Å². The van der Waals surface area contributed by atoms with Gasteiger partial charge in [-0.3, -0.25) is 4.79 Å². The number of phenols is 1. The Balaban J connectivity index is 0.00000363. The van der Waals surface area contributed by atoms with Crippen LogP contribution in [0, 0.1) is 17.2 Å². The van der Waals surface area contributed by atoms with Crippen LogP contribution in [-0.2, 0) is 34.9 Å². The van der Waals surface area contributed by atoms with Crippen molar-refractivity contribution in [1.29, 1.82) is 5.26 Å². The second kappa shape index (κ2) is 22.3. The van der Waals surface area contributed by atoms with E-state index in [9.17, 15) is 15.2 Å². The number of aromatic hydroxyl groups is 1. The highest BCUT2D eigenvalue weighted by atomic mass is 16.7. The summed E-state index contributed by atoms with van der Waals surface area (Å²) in [5.74, 6) is -0.111. The summed E-state index contributed by atoms with van der Waals surface area (Å²) in [7, 11) is 1.37. The molecule has 1 aliphatic rings. The molecule has 1 saturated carbocycles. The molecule has 0 heterocycles. The molecule has 2 rings (SSSR count). The van der Waals surface area contributed by atoms with Crippen molar-refractivity contribution in [3.05, 3.63) is 41.5 Å². The van der Waals surface area contributed by atoms with Gasteiger partial charge in [0.05, 0.1) is 19.3 Å². The fraction of sp³-hybridized carbons (Fsp3) is 0.688. The Morgan fingerprint density at radius 2 is 1.75 bits per heavy atom. The van der Waals surface area contributed by atoms with Crippen LogP contribution in [0.2, 0.25) is 0 Å². The van der Waals surface area contributed by atoms with Crippen molar-refractivity contribution in [2.75, 3.05) is 20.3 Å². The van der Waals surface area contributed by atoms with E-state index < -0.39 is 12.4 Å². The van der Waals surface area contributed by atoms with Gasteiger partial charge in [0, 0.05) is 25.6 Å². The van der Waals surface area contributed by atoms with Crippen molar-refractivity contribution < 1.29 is 33.6 Å². The first kappa shape index (κ1) is 37.6. The van der Waals surface area contributed by atoms with Crippen molar-refractivity contribution in [2.45, 2.75) is 118 Å². The maximum atomic E-state index is 11.5. The minimum atomic E-state index is -0.768. The third-order valence-corrected chi connectivity index (χ3v) is 6.40. The van der Waals surface area contributed by atoms with E-state index >= 15 is 0 Å². The van der Waals surface area contributed by atoms with Crippen LogP contribution >= 0.6 is 0 Å². The van der Waals surface area contributed by atoms with Crippen molar-refractivity contribution in [2.24, 2.45) is 5.92 Å². The number of phenolic OH excluding ortho intramolecular Hbond substituents is 1. The van der Waals surface area contributed by atoms with Crippen LogP contribution in [0.25, 0.3) is 0 Å². The SMILES string of the molecule is CC.CC.CCOC(C)OC(C#N)/C=C/C1C(OC(C)OCC)CC[C@@H]1c1cccc(CCCC(=O)OC)c1O. The molecule has 0 aliphatic heterocycles. The van der Waals surface area contributed by atoms with Gasteiger partial charge in [-0.1, -0.05) is 52.0 Å². The fourth-order valence-corrected chi connectivity index (χ4v) is 4.75. The molecule has 1 aromatic carbocycles. The molecule has 0 spiro atoms. The lowest BCUT2D eigenvalue weighted by atomic mass is 9.85. The summed E-state index contributed by atoms with van der Waals surface area (Å²) >= 11 is 0. The number of hydrogen-bond donors (Lipinski definition) is 1. The number of carbonyl (C=O) groups is 1. The van der Waals surface area contributed by atoms with E-state index in [1.165, 1.54) is 7.11 Å². The first-order valence-corrected chi connectivity index (χ1v) is 14.8. The molecule has 1 N–H and O–H groups in total. The Bertz CT molecular complexity index is 883. The van der Waals surface area contributed by atoms with E-state index in [0.717, 1.165) is 24.0 Å². The van der Waals surface area contributed by atoms with Gasteiger partial charge in [-0.25, -0.2) is 0 Å². The monoisotopic (exact) mass is 563 g/mol. The third-order valence-electron chi connectivity index (χ3n) is 6.40. The topological polar surface area (TPSA) is 107 Å². The fourth-order valence-electron chi connectivity index (χ4n) is 4.75. The number of nitriles is 1. The second-order valence-corrected chi connectivity index (χ2v) is 8.84. The predicted molar refractivity (Wildman–Crippen MR) is 158 cm³/mol. The number of methoxy groups -OCH3 is 1. The van der Waals surface area contributed by atoms with Gasteiger partial charge in [0.2, 0.25) is 0 Å². The summed E-state index contributed by atoms with van der Waals surface area (Å²) < 4.78 is 27.6. The number of hydrogen-bond acceptors (Lipinski definition) is 8. The van der Waals surface area contributed by atoms with Gasteiger partial charge in [0.15, 0.2) is 18.7 Å². The summed E-state index contributed by atoms with van der Waals surface area (Å²) in [6.07, 6.45) is 5.01. The van der Waals surface area contributed by atoms with E-state index in [1.54, 1.807) is 13.0 Å². The molecule has 228 valence electrons. The lowest BCUT2D eigenvalue weighted by Crippen LogP contribution is -2.27. The molecular weight excluding hydrogens is 510 g/mol. The maximum absolute atomic E-state index is 11.5. The number of para-hydroxylation sites is 1. The number of rotatable bonds is 15. The number of esters is 1. The Labute approximate surface area is 242 Å². The Kier molecular flexibility index (Phi) is 20.9. The Hall–Kier alpha value is -2.44. The zero-order chi connectivity index (χ0) is 30.5. The lowest BCUT2D eigenvalue weighted by Gasteiger charge is -2.26. The standard InChI is InChI=1S/C28H41NO7.2C2H6/c1-6-33-19(3)35-22(18-29)14-15-24-23(16-17-26(24)36-20(4)34-7-2)25-12-8-10-21(28(25)31)11-9-13-27(30)32-5;2*1-2/h8,10,12,14-15,19-20,22-24,26,31H,6-7,9,11,13,16-17H2,1-5H3;2*1-2H3/b15-14+;;/t19?,20?,22?,23-,24?,26?;;/m0../s1. The molecule has 0 amide bonds. The molecule has 1 aromatic rings. The largest absolute Gasteiger partial charge is 0.507 e. The zero-order valence-electron chi connectivity index (χ0n) is 26.1. The van der Waals surface area contributed by atoms with Crippen molar-refractivity contribution in [1.82, 2.24) is 0 Å². The van der Waals surface area contributed by atoms with E-state index in [2.05, 4.69) is 6.07 Å². The predicted octanol–water partition coefficient (Wildman–Crippen LogP) is 7.05. The average Bonchev–Trinajstić information content (AvgIpc) is 3.35. The Morgan fingerprint density at radius 3 is 2.35 bits per heavy atom. The van der Waals surface area contributed by atoms with Crippen molar-refractivity contribution in [3.8, 4) is 11.8 Å².